The van der Waals surface area contributed by atoms with E-state index in [2.05, 4.69) is 55.2 Å². The van der Waals surface area contributed by atoms with Crippen molar-refractivity contribution in [3.05, 3.63) is 101 Å². The number of fused-ring (bicyclic) bond motifs is 4. The van der Waals surface area contributed by atoms with Gasteiger partial charge in [0.25, 0.3) is 5.91 Å². The van der Waals surface area contributed by atoms with Gasteiger partial charge >= 0.3 is 6.03 Å². The van der Waals surface area contributed by atoms with Crippen molar-refractivity contribution in [3.63, 3.8) is 0 Å². The third kappa shape index (κ3) is 3.48. The van der Waals surface area contributed by atoms with Crippen LogP contribution in [0.1, 0.15) is 53.8 Å². The number of para-hydroxylation sites is 1. The zero-order valence-corrected chi connectivity index (χ0v) is 20.7. The average molecular weight is 480 g/mol. The molecule has 2 aliphatic rings. The molecule has 6 nitrogen and oxygen atoms in total. The summed E-state index contributed by atoms with van der Waals surface area (Å²) in [5.41, 5.74) is 6.29. The number of imide groups is 1. The van der Waals surface area contributed by atoms with E-state index in [0.717, 1.165) is 39.0 Å². The fourth-order valence-electron chi connectivity index (χ4n) is 5.60. The second-order valence-corrected chi connectivity index (χ2v) is 9.97. The van der Waals surface area contributed by atoms with E-state index < -0.39 is 6.04 Å². The van der Waals surface area contributed by atoms with Gasteiger partial charge in [-0.05, 0) is 46.4 Å². The molecule has 1 aromatic heterocycles. The second-order valence-electron chi connectivity index (χ2n) is 9.97. The van der Waals surface area contributed by atoms with Crippen LogP contribution in [-0.2, 0) is 17.8 Å². The Morgan fingerprint density at radius 3 is 2.39 bits per heavy atom. The van der Waals surface area contributed by atoms with Crippen molar-refractivity contribution in [2.24, 2.45) is 0 Å². The highest BCUT2D eigenvalue weighted by atomic mass is 16.5. The van der Waals surface area contributed by atoms with Gasteiger partial charge in [0.1, 0.15) is 17.8 Å². The molecule has 1 saturated heterocycles. The van der Waals surface area contributed by atoms with Crippen LogP contribution < -0.4 is 4.74 Å². The van der Waals surface area contributed by atoms with Crippen molar-refractivity contribution in [1.29, 1.82) is 0 Å². The Bertz CT molecular complexity index is 1450. The Hall–Kier alpha value is -4.06. The molecule has 1 N–H and O–H groups in total. The Morgan fingerprint density at radius 1 is 0.972 bits per heavy atom. The van der Waals surface area contributed by atoms with Crippen LogP contribution in [0, 0.1) is 0 Å². The lowest BCUT2D eigenvalue weighted by Gasteiger charge is -2.36. The normalized spacial score (nSPS) is 19.2. The van der Waals surface area contributed by atoms with E-state index in [0.29, 0.717) is 12.3 Å². The highest BCUT2D eigenvalue weighted by Crippen LogP contribution is 2.44. The highest BCUT2D eigenvalue weighted by Gasteiger charge is 2.52. The van der Waals surface area contributed by atoms with Gasteiger partial charge in [0.2, 0.25) is 0 Å². The summed E-state index contributed by atoms with van der Waals surface area (Å²) in [5, 5.41) is 1.12. The zero-order valence-electron chi connectivity index (χ0n) is 20.7. The minimum absolute atomic E-state index is 0.143. The summed E-state index contributed by atoms with van der Waals surface area (Å²) in [7, 11) is 1.62. The summed E-state index contributed by atoms with van der Waals surface area (Å²) in [6.07, 6.45) is 0.504. The monoisotopic (exact) mass is 479 g/mol. The van der Waals surface area contributed by atoms with Crippen LogP contribution in [0.3, 0.4) is 0 Å². The largest absolute Gasteiger partial charge is 0.497 e. The number of ether oxygens (including phenoxy) is 1. The Morgan fingerprint density at radius 2 is 1.69 bits per heavy atom. The summed E-state index contributed by atoms with van der Waals surface area (Å²) in [5.74, 6) is 1.01. The number of aromatic nitrogens is 1. The van der Waals surface area contributed by atoms with Gasteiger partial charge in [-0.1, -0.05) is 68.4 Å². The van der Waals surface area contributed by atoms with Crippen LogP contribution in [-0.4, -0.2) is 39.9 Å². The second kappa shape index (κ2) is 8.55. The third-order valence-corrected chi connectivity index (χ3v) is 7.55. The average Bonchev–Trinajstić information content (AvgIpc) is 3.38. The van der Waals surface area contributed by atoms with Crippen molar-refractivity contribution < 1.29 is 14.3 Å². The number of aromatic amines is 1. The van der Waals surface area contributed by atoms with Crippen LogP contribution in [0.2, 0.25) is 0 Å². The summed E-state index contributed by atoms with van der Waals surface area (Å²) >= 11 is 0. The fourth-order valence-corrected chi connectivity index (χ4v) is 5.60. The smallest absolute Gasteiger partial charge is 0.328 e. The summed E-state index contributed by atoms with van der Waals surface area (Å²) < 4.78 is 5.25. The number of nitrogens with one attached hydrogen (secondary N) is 1. The van der Waals surface area contributed by atoms with Crippen molar-refractivity contribution in [1.82, 2.24) is 14.8 Å². The first-order valence-electron chi connectivity index (χ1n) is 12.4. The Balaban J connectivity index is 1.43. The Labute approximate surface area is 210 Å². The fraction of sp³-hybridized carbons (Fsp3) is 0.267. The molecule has 1 fully saturated rings. The maximum absolute atomic E-state index is 13.9. The molecule has 4 aromatic rings. The van der Waals surface area contributed by atoms with E-state index in [9.17, 15) is 9.59 Å². The molecule has 0 aliphatic carbocycles. The molecular formula is C30H29N3O3. The maximum atomic E-state index is 13.9. The van der Waals surface area contributed by atoms with Gasteiger partial charge < -0.3 is 9.72 Å². The molecule has 0 radical (unpaired) electrons. The van der Waals surface area contributed by atoms with Gasteiger partial charge in [-0.15, -0.1) is 0 Å². The molecule has 182 valence electrons. The number of H-pyrrole nitrogens is 1. The predicted molar refractivity (Wildman–Crippen MR) is 139 cm³/mol. The number of urea groups is 1. The highest BCUT2D eigenvalue weighted by molar-refractivity contribution is 6.05. The number of benzene rings is 3. The lowest BCUT2D eigenvalue weighted by atomic mass is 9.88. The number of hydrogen-bond donors (Lipinski definition) is 1. The van der Waals surface area contributed by atoms with Gasteiger partial charge in [-0.25, -0.2) is 4.79 Å². The van der Waals surface area contributed by atoms with Gasteiger partial charge in [0.05, 0.1) is 13.7 Å². The van der Waals surface area contributed by atoms with Crippen LogP contribution >= 0.6 is 0 Å². The Kier molecular flexibility index (Phi) is 5.32. The minimum Gasteiger partial charge on any atom is -0.497 e. The molecular weight excluding hydrogens is 450 g/mol. The van der Waals surface area contributed by atoms with Crippen LogP contribution in [0.25, 0.3) is 10.9 Å². The van der Waals surface area contributed by atoms with Crippen molar-refractivity contribution in [3.8, 4) is 5.75 Å². The predicted octanol–water partition coefficient (Wildman–Crippen LogP) is 5.78. The SMILES string of the molecule is COc1ccc(CN2C(=O)[C@H]3Cc4c([nH]c5ccccc45)[C@@H](c4ccc(C(C)C)cc4)N3C2=O)cc1. The molecule has 2 aliphatic heterocycles. The number of carbonyl (C=O) groups excluding carboxylic acids is 2. The van der Waals surface area contributed by atoms with Crippen molar-refractivity contribution in [2.75, 3.05) is 7.11 Å². The molecule has 0 unspecified atom stereocenters. The quantitative estimate of drug-likeness (QED) is 0.369. The number of nitrogens with zero attached hydrogens (tertiary/aromatic N) is 2. The number of rotatable bonds is 5. The first kappa shape index (κ1) is 22.4. The first-order valence-corrected chi connectivity index (χ1v) is 12.4. The van der Waals surface area contributed by atoms with Gasteiger partial charge in [-0.3, -0.25) is 14.6 Å². The third-order valence-electron chi connectivity index (χ3n) is 7.55. The molecule has 3 aromatic carbocycles. The van der Waals surface area contributed by atoms with Crippen molar-refractivity contribution >= 4 is 22.8 Å². The molecule has 3 heterocycles. The molecule has 6 rings (SSSR count). The van der Waals surface area contributed by atoms with E-state index in [1.54, 1.807) is 12.0 Å². The van der Waals surface area contributed by atoms with E-state index in [1.807, 2.05) is 36.4 Å². The van der Waals surface area contributed by atoms with Crippen LogP contribution in [0.5, 0.6) is 5.75 Å². The minimum atomic E-state index is -0.530. The molecule has 36 heavy (non-hydrogen) atoms. The summed E-state index contributed by atoms with van der Waals surface area (Å²) in [4.78, 5) is 34.3. The zero-order chi connectivity index (χ0) is 25.0. The van der Waals surface area contributed by atoms with Gasteiger partial charge in [0, 0.05) is 23.0 Å². The summed E-state index contributed by atoms with van der Waals surface area (Å²) in [6.45, 7) is 4.57. The number of carbonyl (C=O) groups is 2. The number of amides is 3. The number of hydrogen-bond acceptors (Lipinski definition) is 3. The molecule has 3 amide bonds. The molecule has 0 bridgehead atoms. The summed E-state index contributed by atoms with van der Waals surface area (Å²) in [6, 6.07) is 23.0. The van der Waals surface area contributed by atoms with Crippen LogP contribution in [0.4, 0.5) is 4.79 Å². The lowest BCUT2D eigenvalue weighted by Crippen LogP contribution is -2.44. The van der Waals surface area contributed by atoms with E-state index in [-0.39, 0.29) is 24.5 Å². The molecule has 6 heteroatoms. The van der Waals surface area contributed by atoms with Crippen molar-refractivity contribution in [2.45, 2.75) is 44.8 Å². The lowest BCUT2D eigenvalue weighted by molar-refractivity contribution is -0.129. The van der Waals surface area contributed by atoms with E-state index in [4.69, 9.17) is 4.74 Å². The van der Waals surface area contributed by atoms with E-state index >= 15 is 0 Å². The molecule has 0 saturated carbocycles. The molecule has 0 spiro atoms. The molecule has 2 atom stereocenters. The van der Waals surface area contributed by atoms with Gasteiger partial charge in [-0.2, -0.15) is 0 Å². The topological polar surface area (TPSA) is 65.6 Å². The standard InChI is InChI=1S/C30H29N3O3/c1-18(2)20-10-12-21(13-11-20)28-27-24(23-6-4-5-7-25(23)31-27)16-26-29(34)32(30(35)33(26)28)17-19-8-14-22(36-3)15-9-19/h4-15,18,26,28,31H,16-17H2,1-3H3/t26-,28-/m1/s1. The maximum Gasteiger partial charge on any atom is 0.328 e. The first-order chi connectivity index (χ1) is 17.5. The van der Waals surface area contributed by atoms with Gasteiger partial charge in [0.15, 0.2) is 0 Å². The van der Waals surface area contributed by atoms with E-state index in [1.165, 1.54) is 10.5 Å². The number of methoxy groups -OCH3 is 1. The van der Waals surface area contributed by atoms with Crippen LogP contribution in [0.15, 0.2) is 72.8 Å².